The summed E-state index contributed by atoms with van der Waals surface area (Å²) in [6.45, 7) is 2.05. The molecule has 1 aromatic rings. The zero-order chi connectivity index (χ0) is 19.9. The van der Waals surface area contributed by atoms with Gasteiger partial charge in [0.05, 0.1) is 0 Å². The van der Waals surface area contributed by atoms with E-state index in [2.05, 4.69) is 10.6 Å². The second kappa shape index (κ2) is 13.7. The van der Waals surface area contributed by atoms with Gasteiger partial charge in [0, 0.05) is 31.0 Å². The van der Waals surface area contributed by atoms with Crippen LogP contribution in [0.5, 0.6) is 0 Å². The van der Waals surface area contributed by atoms with Gasteiger partial charge in [-0.05, 0) is 44.2 Å². The molecule has 0 aliphatic rings. The summed E-state index contributed by atoms with van der Waals surface area (Å²) in [4.78, 5) is 35.0. The molecule has 0 radical (unpaired) electrons. The Hall–Kier alpha value is -2.41. The van der Waals surface area contributed by atoms with Gasteiger partial charge in [0.1, 0.15) is 0 Å². The number of hydrogen-bond donors (Lipinski definition) is 4. The summed E-state index contributed by atoms with van der Waals surface area (Å²) in [6.07, 6.45) is 5.42. The third-order valence-corrected chi connectivity index (χ3v) is 4.20. The zero-order valence-corrected chi connectivity index (χ0v) is 16.0. The third-order valence-electron chi connectivity index (χ3n) is 4.20. The highest BCUT2D eigenvalue weighted by Gasteiger charge is 2.12. The lowest BCUT2D eigenvalue weighted by molar-refractivity contribution is -0.129. The average molecular weight is 377 g/mol. The van der Waals surface area contributed by atoms with Crippen molar-refractivity contribution in [3.63, 3.8) is 0 Å². The first-order chi connectivity index (χ1) is 13.0. The van der Waals surface area contributed by atoms with Gasteiger partial charge in [0.2, 0.25) is 17.7 Å². The number of nitrogens with one attached hydrogen (secondary N) is 3. The van der Waals surface area contributed by atoms with E-state index in [1.165, 1.54) is 0 Å². The van der Waals surface area contributed by atoms with Crippen LogP contribution in [0.2, 0.25) is 0 Å². The van der Waals surface area contributed by atoms with Crippen LogP contribution in [0.25, 0.3) is 0 Å². The fourth-order valence-corrected chi connectivity index (χ4v) is 2.82. The molecular formula is C20H31N3O4. The Balaban J connectivity index is 2.19. The molecule has 0 bridgehead atoms. The van der Waals surface area contributed by atoms with E-state index in [1.807, 2.05) is 37.3 Å². The maximum absolute atomic E-state index is 12.1. The van der Waals surface area contributed by atoms with Crippen molar-refractivity contribution in [2.45, 2.75) is 70.8 Å². The fourth-order valence-electron chi connectivity index (χ4n) is 2.82. The highest BCUT2D eigenvalue weighted by molar-refractivity contribution is 5.90. The van der Waals surface area contributed by atoms with E-state index in [-0.39, 0.29) is 24.3 Å². The standard InChI is InChI=1S/C20H31N3O4/c1-2-9-16(12-8-15-20(26)23-27)21-18(24)13-6-7-14-19(25)22-17-10-4-3-5-11-17/h3-5,10-11,16,27H,2,6-9,12-15H2,1H3,(H,21,24)(H,22,25)(H,23,26)/t16-/m0/s1. The second-order valence-corrected chi connectivity index (χ2v) is 6.60. The number of amides is 3. The minimum Gasteiger partial charge on any atom is -0.353 e. The van der Waals surface area contributed by atoms with Crippen LogP contribution < -0.4 is 16.1 Å². The number of para-hydroxylation sites is 1. The van der Waals surface area contributed by atoms with Crippen molar-refractivity contribution in [1.82, 2.24) is 10.8 Å². The minimum atomic E-state index is -0.412. The molecule has 0 aromatic heterocycles. The number of carbonyl (C=O) groups is 3. The normalized spacial score (nSPS) is 11.5. The molecule has 7 heteroatoms. The van der Waals surface area contributed by atoms with Crippen molar-refractivity contribution in [2.24, 2.45) is 0 Å². The van der Waals surface area contributed by atoms with Crippen molar-refractivity contribution in [2.75, 3.05) is 5.32 Å². The molecule has 0 unspecified atom stereocenters. The Bertz CT molecular complexity index is 578. The molecule has 1 rings (SSSR count). The quantitative estimate of drug-likeness (QED) is 0.241. The van der Waals surface area contributed by atoms with Crippen molar-refractivity contribution in [1.29, 1.82) is 0 Å². The molecule has 4 N–H and O–H groups in total. The topological polar surface area (TPSA) is 108 Å². The van der Waals surface area contributed by atoms with Crippen molar-refractivity contribution in [3.05, 3.63) is 30.3 Å². The summed E-state index contributed by atoms with van der Waals surface area (Å²) in [6, 6.07) is 9.33. The van der Waals surface area contributed by atoms with Gasteiger partial charge in [0.15, 0.2) is 0 Å². The molecule has 0 fully saturated rings. The summed E-state index contributed by atoms with van der Waals surface area (Å²) in [5.41, 5.74) is 2.39. The summed E-state index contributed by atoms with van der Waals surface area (Å²) in [5, 5.41) is 14.3. The molecule has 0 spiro atoms. The van der Waals surface area contributed by atoms with E-state index >= 15 is 0 Å². The van der Waals surface area contributed by atoms with E-state index in [9.17, 15) is 14.4 Å². The third kappa shape index (κ3) is 11.0. The summed E-state index contributed by atoms with van der Waals surface area (Å²) < 4.78 is 0. The van der Waals surface area contributed by atoms with Crippen LogP contribution in [0.3, 0.4) is 0 Å². The smallest absolute Gasteiger partial charge is 0.243 e. The van der Waals surface area contributed by atoms with Gasteiger partial charge in [-0.2, -0.15) is 0 Å². The number of hydrogen-bond acceptors (Lipinski definition) is 4. The predicted octanol–water partition coefficient (Wildman–Crippen LogP) is 3.15. The molecule has 0 heterocycles. The molecule has 1 atom stereocenters. The number of rotatable bonds is 13. The van der Waals surface area contributed by atoms with Crippen molar-refractivity contribution < 1.29 is 19.6 Å². The number of benzene rings is 1. The Labute approximate surface area is 160 Å². The van der Waals surface area contributed by atoms with Crippen molar-refractivity contribution >= 4 is 23.4 Å². The van der Waals surface area contributed by atoms with E-state index in [1.54, 1.807) is 5.48 Å². The lowest BCUT2D eigenvalue weighted by Crippen LogP contribution is -2.34. The average Bonchev–Trinajstić information content (AvgIpc) is 2.66. The van der Waals surface area contributed by atoms with Gasteiger partial charge in [0.25, 0.3) is 0 Å². The number of anilines is 1. The molecule has 27 heavy (non-hydrogen) atoms. The fraction of sp³-hybridized carbons (Fsp3) is 0.550. The maximum atomic E-state index is 12.1. The van der Waals surface area contributed by atoms with Gasteiger partial charge in [-0.25, -0.2) is 5.48 Å². The molecular weight excluding hydrogens is 346 g/mol. The molecule has 1 aromatic carbocycles. The zero-order valence-electron chi connectivity index (χ0n) is 16.0. The van der Waals surface area contributed by atoms with Crippen LogP contribution in [0.4, 0.5) is 5.69 Å². The maximum Gasteiger partial charge on any atom is 0.243 e. The first-order valence-corrected chi connectivity index (χ1v) is 9.62. The largest absolute Gasteiger partial charge is 0.353 e. The molecule has 150 valence electrons. The predicted molar refractivity (Wildman–Crippen MR) is 104 cm³/mol. The Morgan fingerprint density at radius 2 is 1.52 bits per heavy atom. The highest BCUT2D eigenvalue weighted by Crippen LogP contribution is 2.10. The monoisotopic (exact) mass is 377 g/mol. The van der Waals surface area contributed by atoms with Crippen LogP contribution in [-0.4, -0.2) is 29.0 Å². The van der Waals surface area contributed by atoms with E-state index in [0.29, 0.717) is 38.5 Å². The summed E-state index contributed by atoms with van der Waals surface area (Å²) in [7, 11) is 0. The molecule has 0 saturated heterocycles. The van der Waals surface area contributed by atoms with Gasteiger partial charge in [-0.15, -0.1) is 0 Å². The van der Waals surface area contributed by atoms with Gasteiger partial charge in [-0.3, -0.25) is 19.6 Å². The lowest BCUT2D eigenvalue weighted by Gasteiger charge is -2.18. The van der Waals surface area contributed by atoms with E-state index < -0.39 is 5.91 Å². The van der Waals surface area contributed by atoms with Gasteiger partial charge >= 0.3 is 0 Å². The van der Waals surface area contributed by atoms with Crippen LogP contribution >= 0.6 is 0 Å². The summed E-state index contributed by atoms with van der Waals surface area (Å²) in [5.74, 6) is -0.485. The van der Waals surface area contributed by atoms with Crippen molar-refractivity contribution in [3.8, 4) is 0 Å². The first kappa shape index (κ1) is 22.6. The molecule has 0 saturated carbocycles. The Morgan fingerprint density at radius 3 is 2.15 bits per heavy atom. The minimum absolute atomic E-state index is 0.0245. The first-order valence-electron chi connectivity index (χ1n) is 9.62. The van der Waals surface area contributed by atoms with Crippen LogP contribution in [0, 0.1) is 0 Å². The number of hydroxylamine groups is 1. The lowest BCUT2D eigenvalue weighted by atomic mass is 10.0. The van der Waals surface area contributed by atoms with Gasteiger partial charge in [-0.1, -0.05) is 31.5 Å². The van der Waals surface area contributed by atoms with E-state index in [4.69, 9.17) is 5.21 Å². The molecule has 3 amide bonds. The summed E-state index contributed by atoms with van der Waals surface area (Å²) >= 11 is 0. The highest BCUT2D eigenvalue weighted by atomic mass is 16.5. The van der Waals surface area contributed by atoms with Crippen LogP contribution in [0.1, 0.15) is 64.7 Å². The SMILES string of the molecule is CCC[C@@H](CCCC(=O)NO)NC(=O)CCCCC(=O)Nc1ccccc1. The van der Waals surface area contributed by atoms with Crippen LogP contribution in [0.15, 0.2) is 30.3 Å². The van der Waals surface area contributed by atoms with Crippen LogP contribution in [-0.2, 0) is 14.4 Å². The number of carbonyl (C=O) groups excluding carboxylic acids is 3. The molecule has 0 aliphatic heterocycles. The molecule has 0 aliphatic carbocycles. The Morgan fingerprint density at radius 1 is 0.889 bits per heavy atom. The molecule has 7 nitrogen and oxygen atoms in total. The Kier molecular flexibility index (Phi) is 11.5. The number of unbranched alkanes of at least 4 members (excludes halogenated alkanes) is 1. The van der Waals surface area contributed by atoms with Gasteiger partial charge < -0.3 is 10.6 Å². The van der Waals surface area contributed by atoms with E-state index in [0.717, 1.165) is 18.5 Å². The second-order valence-electron chi connectivity index (χ2n) is 6.60.